The topological polar surface area (TPSA) is 153 Å². The second-order valence-corrected chi connectivity index (χ2v) is 13.1. The first-order chi connectivity index (χ1) is 26.6. The van der Waals surface area contributed by atoms with Crippen LogP contribution in [0.4, 0.5) is 21.0 Å². The van der Waals surface area contributed by atoms with Crippen LogP contribution in [0.25, 0.3) is 0 Å². The van der Waals surface area contributed by atoms with E-state index < -0.39 is 5.97 Å². The summed E-state index contributed by atoms with van der Waals surface area (Å²) >= 11 is 15.0. The molecule has 0 radical (unpaired) electrons. The quantitative estimate of drug-likeness (QED) is 0.153. The lowest BCUT2D eigenvalue weighted by molar-refractivity contribution is 0.0548. The highest BCUT2D eigenvalue weighted by molar-refractivity contribution is 9.08. The molecule has 6 rings (SSSR count). The van der Waals surface area contributed by atoms with Gasteiger partial charge in [-0.05, 0) is 72.8 Å². The third-order valence-corrected chi connectivity index (χ3v) is 9.07. The van der Waals surface area contributed by atoms with Crippen LogP contribution in [0.5, 0.6) is 0 Å². The number of alkyl halides is 1. The Balaban J connectivity index is 0.000000203. The van der Waals surface area contributed by atoms with Crippen molar-refractivity contribution < 1.29 is 38.1 Å². The van der Waals surface area contributed by atoms with Gasteiger partial charge >= 0.3 is 24.0 Å². The van der Waals surface area contributed by atoms with Crippen LogP contribution < -0.4 is 10.2 Å². The number of halogens is 3. The van der Waals surface area contributed by atoms with E-state index in [0.29, 0.717) is 84.8 Å². The van der Waals surface area contributed by atoms with Gasteiger partial charge in [-0.25, -0.2) is 19.2 Å². The Morgan fingerprint density at radius 3 is 1.64 bits per heavy atom. The third-order valence-electron chi connectivity index (χ3n) is 7.99. The van der Waals surface area contributed by atoms with Gasteiger partial charge in [0.15, 0.2) is 0 Å². The Kier molecular flexibility index (Phi) is 17.6. The summed E-state index contributed by atoms with van der Waals surface area (Å²) in [6.45, 7) is 4.87. The fourth-order valence-electron chi connectivity index (χ4n) is 4.98. The molecular weight excluding hydrogens is 819 g/mol. The highest BCUT2D eigenvalue weighted by atomic mass is 79.9. The van der Waals surface area contributed by atoms with E-state index in [2.05, 4.69) is 40.7 Å². The summed E-state index contributed by atoms with van der Waals surface area (Å²) in [5.74, 6) is -0.809. The first-order valence-electron chi connectivity index (χ1n) is 17.0. The van der Waals surface area contributed by atoms with Gasteiger partial charge in [0, 0.05) is 65.3 Å². The highest BCUT2D eigenvalue weighted by Gasteiger charge is 2.25. The molecule has 0 unspecified atom stereocenters. The Morgan fingerprint density at radius 1 is 0.709 bits per heavy atom. The zero-order valence-corrected chi connectivity index (χ0v) is 33.4. The van der Waals surface area contributed by atoms with Crippen molar-refractivity contribution in [2.45, 2.75) is 11.9 Å². The van der Waals surface area contributed by atoms with Crippen LogP contribution in [-0.2, 0) is 30.8 Å². The van der Waals surface area contributed by atoms with E-state index in [9.17, 15) is 19.2 Å². The maximum absolute atomic E-state index is 13.1. The van der Waals surface area contributed by atoms with E-state index in [4.69, 9.17) is 32.7 Å². The van der Waals surface area contributed by atoms with Crippen LogP contribution in [0.15, 0.2) is 85.2 Å². The lowest BCUT2D eigenvalue weighted by Gasteiger charge is -2.33. The van der Waals surface area contributed by atoms with E-state index in [1.807, 2.05) is 0 Å². The van der Waals surface area contributed by atoms with Crippen molar-refractivity contribution in [1.29, 1.82) is 0 Å². The zero-order chi connectivity index (χ0) is 39.6. The molecule has 0 bridgehead atoms. The van der Waals surface area contributed by atoms with Crippen molar-refractivity contribution in [3.8, 4) is 0 Å². The molecule has 4 amide bonds. The number of morpholine rings is 2. The lowest BCUT2D eigenvalue weighted by Crippen LogP contribution is -2.48. The van der Waals surface area contributed by atoms with E-state index in [0.717, 1.165) is 17.1 Å². The maximum atomic E-state index is 13.1. The number of methoxy groups -OCH3 is 2. The monoisotopic (exact) mass is 858 g/mol. The number of anilines is 2. The normalized spacial score (nSPS) is 13.5. The number of carbonyl (C=O) groups is 4. The molecule has 2 aromatic heterocycles. The summed E-state index contributed by atoms with van der Waals surface area (Å²) in [7, 11) is 2.67. The van der Waals surface area contributed by atoms with Gasteiger partial charge in [-0.2, -0.15) is 0 Å². The van der Waals surface area contributed by atoms with Crippen LogP contribution in [0.1, 0.15) is 32.1 Å². The summed E-state index contributed by atoms with van der Waals surface area (Å²) in [6, 6.07) is 20.7. The predicted octanol–water partition coefficient (Wildman–Crippen LogP) is 6.95. The van der Waals surface area contributed by atoms with Crippen LogP contribution >= 0.6 is 39.1 Å². The number of hydrogen-bond acceptors (Lipinski definition) is 10. The maximum Gasteiger partial charge on any atom is 0.339 e. The van der Waals surface area contributed by atoms with Crippen LogP contribution in [0, 0.1) is 0 Å². The minimum absolute atomic E-state index is 0.0920. The number of benzene rings is 2. The molecular formula is C38H41BrCl2N6O8. The minimum Gasteiger partial charge on any atom is -0.465 e. The van der Waals surface area contributed by atoms with Gasteiger partial charge in [-0.1, -0.05) is 39.1 Å². The fraction of sp³-hybridized carbons (Fsp3) is 0.316. The highest BCUT2D eigenvalue weighted by Crippen LogP contribution is 2.22. The van der Waals surface area contributed by atoms with Gasteiger partial charge in [-0.15, -0.1) is 0 Å². The number of hydrogen-bond donors (Lipinski definition) is 1. The molecule has 17 heteroatoms. The molecule has 2 saturated heterocycles. The minimum atomic E-state index is -0.451. The number of rotatable bonds is 7. The zero-order valence-electron chi connectivity index (χ0n) is 30.3. The van der Waals surface area contributed by atoms with Crippen LogP contribution in [0.3, 0.4) is 0 Å². The lowest BCUT2D eigenvalue weighted by atomic mass is 10.2. The van der Waals surface area contributed by atoms with Crippen molar-refractivity contribution in [3.63, 3.8) is 0 Å². The number of esters is 2. The molecule has 292 valence electrons. The van der Waals surface area contributed by atoms with Crippen molar-refractivity contribution >= 4 is 74.5 Å². The van der Waals surface area contributed by atoms with Crippen LogP contribution in [0.2, 0.25) is 10.0 Å². The number of pyridine rings is 2. The summed E-state index contributed by atoms with van der Waals surface area (Å²) in [5.41, 5.74) is 3.85. The van der Waals surface area contributed by atoms with Gasteiger partial charge < -0.3 is 34.1 Å². The van der Waals surface area contributed by atoms with E-state index >= 15 is 0 Å². The van der Waals surface area contributed by atoms with Crippen molar-refractivity contribution in [1.82, 2.24) is 19.8 Å². The number of carbonyl (C=O) groups excluding carboxylic acids is 4. The second kappa shape index (κ2) is 22.5. The molecule has 0 spiro atoms. The number of nitrogens with one attached hydrogen (secondary N) is 1. The van der Waals surface area contributed by atoms with Crippen molar-refractivity contribution in [3.05, 3.63) is 118 Å². The summed E-state index contributed by atoms with van der Waals surface area (Å²) < 4.78 is 19.7. The average molecular weight is 861 g/mol. The SMILES string of the molecule is COC(=O)c1ccc(CBr)nc1.COC(=O)c1ccc(CN(C(=O)N2CCOCC2)c2ccc(Cl)cc2)nc1.O=C(Nc1ccc(Cl)cc1)N1CCOCC1. The molecule has 14 nitrogen and oxygen atoms in total. The number of aromatic nitrogens is 2. The number of amides is 4. The molecule has 55 heavy (non-hydrogen) atoms. The third kappa shape index (κ3) is 13.8. The number of ether oxygens (including phenoxy) is 4. The molecule has 4 aromatic rings. The average Bonchev–Trinajstić information content (AvgIpc) is 3.24. The van der Waals surface area contributed by atoms with Gasteiger partial charge in [0.1, 0.15) is 0 Å². The van der Waals surface area contributed by atoms with E-state index in [1.165, 1.54) is 26.6 Å². The standard InChI is InChI=1S/C19H20ClN3O4.C11H13ClN2O2.C8H8BrNO2/c1-26-18(24)14-2-5-16(21-12-14)13-23(17-6-3-15(20)4-7-17)19(25)22-8-10-27-11-9-22;12-9-1-3-10(4-2-9)13-11(15)14-5-7-16-8-6-14;1-12-8(11)6-2-3-7(4-9)10-5-6/h2-7,12H,8-11,13H2,1H3;1-4H,5-8H2,(H,13,15);2-3,5H,4H2,1H3. The van der Waals surface area contributed by atoms with E-state index in [1.54, 1.807) is 87.5 Å². The Bertz CT molecular complexity index is 1830. The summed E-state index contributed by atoms with van der Waals surface area (Å²) in [6.07, 6.45) is 2.95. The fourth-order valence-corrected chi connectivity index (χ4v) is 5.56. The van der Waals surface area contributed by atoms with Crippen molar-refractivity contribution in [2.24, 2.45) is 0 Å². The van der Waals surface area contributed by atoms with Gasteiger partial charge in [0.2, 0.25) is 0 Å². The molecule has 0 aliphatic carbocycles. The smallest absolute Gasteiger partial charge is 0.339 e. The first kappa shape index (κ1) is 42.9. The largest absolute Gasteiger partial charge is 0.465 e. The predicted molar refractivity (Wildman–Crippen MR) is 212 cm³/mol. The van der Waals surface area contributed by atoms with Gasteiger partial charge in [-0.3, -0.25) is 14.9 Å². The van der Waals surface area contributed by atoms with Gasteiger partial charge in [0.05, 0.1) is 69.7 Å². The number of urea groups is 2. The molecule has 1 N–H and O–H groups in total. The Hall–Kier alpha value is -4.80. The van der Waals surface area contributed by atoms with Gasteiger partial charge in [0.25, 0.3) is 0 Å². The van der Waals surface area contributed by atoms with Crippen molar-refractivity contribution in [2.75, 3.05) is 77.0 Å². The summed E-state index contributed by atoms with van der Waals surface area (Å²) in [5, 5.41) is 4.75. The molecule has 0 saturated carbocycles. The summed E-state index contributed by atoms with van der Waals surface area (Å²) in [4.78, 5) is 60.8. The Morgan fingerprint density at radius 2 is 1.18 bits per heavy atom. The first-order valence-corrected chi connectivity index (χ1v) is 18.9. The molecule has 2 aliphatic heterocycles. The van der Waals surface area contributed by atoms with Crippen LogP contribution in [-0.4, -0.2) is 111 Å². The number of nitrogens with zero attached hydrogens (tertiary/aromatic N) is 5. The molecule has 2 aliphatic rings. The Labute approximate surface area is 337 Å². The molecule has 4 heterocycles. The molecule has 0 atom stereocenters. The van der Waals surface area contributed by atoms with E-state index in [-0.39, 0.29) is 24.6 Å². The second-order valence-electron chi connectivity index (χ2n) is 11.7. The molecule has 2 fully saturated rings. The molecule has 2 aromatic carbocycles.